The standard InChI is InChI=1S/C21H20FNO6S/c1-11-18-13(22)6-5-7-16(18)30-20(11)21(25)29-10-17(24)23-12-8-14(26-2)19(28-4)15(9-12)27-3/h5-9H,10H2,1-4H3,(H,23,24). The minimum Gasteiger partial charge on any atom is -0.493 e. The molecule has 1 aromatic heterocycles. The molecule has 0 aliphatic carbocycles. The highest BCUT2D eigenvalue weighted by Crippen LogP contribution is 2.40. The number of rotatable bonds is 7. The molecule has 30 heavy (non-hydrogen) atoms. The fourth-order valence-corrected chi connectivity index (χ4v) is 4.11. The van der Waals surface area contributed by atoms with Gasteiger partial charge in [-0.25, -0.2) is 9.18 Å². The van der Waals surface area contributed by atoms with E-state index in [1.807, 2.05) is 0 Å². The average Bonchev–Trinajstić information content (AvgIpc) is 3.09. The first-order valence-electron chi connectivity index (χ1n) is 8.84. The molecule has 0 saturated heterocycles. The summed E-state index contributed by atoms with van der Waals surface area (Å²) in [7, 11) is 4.39. The number of benzene rings is 2. The highest BCUT2D eigenvalue weighted by molar-refractivity contribution is 7.21. The largest absolute Gasteiger partial charge is 0.493 e. The maximum atomic E-state index is 14.0. The number of carbonyl (C=O) groups is 2. The van der Waals surface area contributed by atoms with Crippen molar-refractivity contribution in [2.75, 3.05) is 33.3 Å². The van der Waals surface area contributed by atoms with Crippen LogP contribution in [0.4, 0.5) is 10.1 Å². The molecule has 3 rings (SSSR count). The highest BCUT2D eigenvalue weighted by atomic mass is 32.1. The van der Waals surface area contributed by atoms with Gasteiger partial charge in [0.15, 0.2) is 18.1 Å². The number of amides is 1. The summed E-state index contributed by atoms with van der Waals surface area (Å²) in [5.74, 6) is -0.521. The number of ether oxygens (including phenoxy) is 4. The molecule has 0 unspecified atom stereocenters. The predicted octanol–water partition coefficient (Wildman–Crippen LogP) is 4.17. The molecule has 2 aromatic carbocycles. The van der Waals surface area contributed by atoms with Gasteiger partial charge >= 0.3 is 5.97 Å². The van der Waals surface area contributed by atoms with Gasteiger partial charge in [0.05, 0.1) is 21.3 Å². The zero-order chi connectivity index (χ0) is 21.8. The van der Waals surface area contributed by atoms with Crippen LogP contribution in [-0.4, -0.2) is 39.8 Å². The summed E-state index contributed by atoms with van der Waals surface area (Å²) in [4.78, 5) is 24.9. The normalized spacial score (nSPS) is 10.6. The second-order valence-electron chi connectivity index (χ2n) is 6.21. The number of nitrogens with one attached hydrogen (secondary N) is 1. The van der Waals surface area contributed by atoms with E-state index in [9.17, 15) is 14.0 Å². The molecule has 0 saturated carbocycles. The Hall–Kier alpha value is -3.33. The molecule has 158 valence electrons. The van der Waals surface area contributed by atoms with E-state index >= 15 is 0 Å². The number of fused-ring (bicyclic) bond motifs is 1. The van der Waals surface area contributed by atoms with Crippen molar-refractivity contribution < 1.29 is 32.9 Å². The lowest BCUT2D eigenvalue weighted by Crippen LogP contribution is -2.21. The molecule has 0 bridgehead atoms. The summed E-state index contributed by atoms with van der Waals surface area (Å²) in [6, 6.07) is 7.75. The quantitative estimate of drug-likeness (QED) is 0.563. The van der Waals surface area contributed by atoms with Crippen LogP contribution < -0.4 is 19.5 Å². The summed E-state index contributed by atoms with van der Waals surface area (Å²) < 4.78 is 35.5. The zero-order valence-corrected chi connectivity index (χ0v) is 17.6. The van der Waals surface area contributed by atoms with E-state index in [0.717, 1.165) is 11.3 Å². The van der Waals surface area contributed by atoms with Crippen molar-refractivity contribution in [1.29, 1.82) is 0 Å². The predicted molar refractivity (Wildman–Crippen MR) is 112 cm³/mol. The van der Waals surface area contributed by atoms with Crippen LogP contribution in [0.3, 0.4) is 0 Å². The van der Waals surface area contributed by atoms with Crippen molar-refractivity contribution in [2.24, 2.45) is 0 Å². The average molecular weight is 433 g/mol. The van der Waals surface area contributed by atoms with Gasteiger partial charge in [0, 0.05) is 27.9 Å². The second kappa shape index (κ2) is 9.00. The number of esters is 1. The number of methoxy groups -OCH3 is 3. The second-order valence-corrected chi connectivity index (χ2v) is 7.26. The third-order valence-electron chi connectivity index (χ3n) is 4.37. The first-order chi connectivity index (χ1) is 14.4. The van der Waals surface area contributed by atoms with E-state index in [4.69, 9.17) is 18.9 Å². The third kappa shape index (κ3) is 4.16. The zero-order valence-electron chi connectivity index (χ0n) is 16.8. The van der Waals surface area contributed by atoms with Gasteiger partial charge in [0.2, 0.25) is 5.75 Å². The smallest absolute Gasteiger partial charge is 0.349 e. The Labute approximate surface area is 176 Å². The van der Waals surface area contributed by atoms with Crippen LogP contribution in [0, 0.1) is 12.7 Å². The number of thiophene rings is 1. The molecule has 1 N–H and O–H groups in total. The molecule has 0 atom stereocenters. The number of halogens is 1. The van der Waals surface area contributed by atoms with Gasteiger partial charge in [-0.05, 0) is 24.6 Å². The Morgan fingerprint density at radius 3 is 2.30 bits per heavy atom. The van der Waals surface area contributed by atoms with Gasteiger partial charge in [-0.1, -0.05) is 6.07 Å². The maximum Gasteiger partial charge on any atom is 0.349 e. The molecule has 1 amide bonds. The first kappa shape index (κ1) is 21.4. The summed E-state index contributed by atoms with van der Waals surface area (Å²) in [6.07, 6.45) is 0. The van der Waals surface area contributed by atoms with Crippen LogP contribution >= 0.6 is 11.3 Å². The van der Waals surface area contributed by atoms with Gasteiger partial charge < -0.3 is 24.3 Å². The summed E-state index contributed by atoms with van der Waals surface area (Å²) in [5.41, 5.74) is 0.869. The molecule has 7 nitrogen and oxygen atoms in total. The molecule has 1 heterocycles. The third-order valence-corrected chi connectivity index (χ3v) is 5.61. The van der Waals surface area contributed by atoms with Gasteiger partial charge in [-0.2, -0.15) is 0 Å². The number of hydrogen-bond acceptors (Lipinski definition) is 7. The van der Waals surface area contributed by atoms with E-state index in [-0.39, 0.29) is 4.88 Å². The van der Waals surface area contributed by atoms with Crippen LogP contribution in [0.2, 0.25) is 0 Å². The van der Waals surface area contributed by atoms with E-state index in [1.54, 1.807) is 31.2 Å². The topological polar surface area (TPSA) is 83.1 Å². The summed E-state index contributed by atoms with van der Waals surface area (Å²) >= 11 is 1.12. The van der Waals surface area contributed by atoms with Crippen LogP contribution in [-0.2, 0) is 9.53 Å². The van der Waals surface area contributed by atoms with Gasteiger partial charge in [0.25, 0.3) is 5.91 Å². The molecule has 0 spiro atoms. The minimum atomic E-state index is -0.687. The monoisotopic (exact) mass is 433 g/mol. The van der Waals surface area contributed by atoms with Crippen LogP contribution in [0.15, 0.2) is 30.3 Å². The summed E-state index contributed by atoms with van der Waals surface area (Å²) in [6.45, 7) is 1.14. The number of carbonyl (C=O) groups excluding carboxylic acids is 2. The fraction of sp³-hybridized carbons (Fsp3) is 0.238. The van der Waals surface area contributed by atoms with Gasteiger partial charge in [-0.15, -0.1) is 11.3 Å². The van der Waals surface area contributed by atoms with Gasteiger partial charge in [-0.3, -0.25) is 4.79 Å². The van der Waals surface area contributed by atoms with Crippen LogP contribution in [0.1, 0.15) is 15.2 Å². The Balaban J connectivity index is 1.70. The van der Waals surface area contributed by atoms with Crippen molar-refractivity contribution in [3.63, 3.8) is 0 Å². The van der Waals surface area contributed by atoms with Crippen molar-refractivity contribution >= 4 is 39.0 Å². The molecule has 0 aliphatic rings. The summed E-state index contributed by atoms with van der Waals surface area (Å²) in [5, 5.41) is 3.00. The minimum absolute atomic E-state index is 0.260. The van der Waals surface area contributed by atoms with E-state index in [2.05, 4.69) is 5.32 Å². The lowest BCUT2D eigenvalue weighted by molar-refractivity contribution is -0.119. The Kier molecular flexibility index (Phi) is 6.41. The van der Waals surface area contributed by atoms with E-state index in [1.165, 1.54) is 27.4 Å². The molecule has 0 radical (unpaired) electrons. The van der Waals surface area contributed by atoms with Crippen molar-refractivity contribution in [3.8, 4) is 17.2 Å². The highest BCUT2D eigenvalue weighted by Gasteiger charge is 2.20. The SMILES string of the molecule is COc1cc(NC(=O)COC(=O)c2sc3cccc(F)c3c2C)cc(OC)c1OC. The molecule has 0 aliphatic heterocycles. The van der Waals surface area contributed by atoms with E-state index in [0.29, 0.717) is 38.6 Å². The van der Waals surface area contributed by atoms with Crippen LogP contribution in [0.5, 0.6) is 17.2 Å². The van der Waals surface area contributed by atoms with E-state index < -0.39 is 24.3 Å². The van der Waals surface area contributed by atoms with Gasteiger partial charge in [0.1, 0.15) is 10.7 Å². The lowest BCUT2D eigenvalue weighted by Gasteiger charge is -2.14. The number of aryl methyl sites for hydroxylation is 1. The Bertz CT molecular complexity index is 1090. The molecular formula is C21H20FNO6S. The Morgan fingerprint density at radius 1 is 1.07 bits per heavy atom. The lowest BCUT2D eigenvalue weighted by atomic mass is 10.1. The maximum absolute atomic E-state index is 14.0. The number of hydrogen-bond donors (Lipinski definition) is 1. The van der Waals surface area contributed by atoms with Crippen molar-refractivity contribution in [3.05, 3.63) is 46.6 Å². The molecule has 0 fully saturated rings. The molecule has 3 aromatic rings. The molecular weight excluding hydrogens is 413 g/mol. The fourth-order valence-electron chi connectivity index (χ4n) is 3.00. The Morgan fingerprint density at radius 2 is 1.73 bits per heavy atom. The van der Waals surface area contributed by atoms with Crippen molar-refractivity contribution in [1.82, 2.24) is 0 Å². The van der Waals surface area contributed by atoms with Crippen molar-refractivity contribution in [2.45, 2.75) is 6.92 Å². The number of anilines is 1. The first-order valence-corrected chi connectivity index (χ1v) is 9.65. The molecule has 9 heteroatoms. The van der Waals surface area contributed by atoms with Crippen LogP contribution in [0.25, 0.3) is 10.1 Å².